The first-order chi connectivity index (χ1) is 14.6. The Labute approximate surface area is 179 Å². The first-order valence-corrected chi connectivity index (χ1v) is 11.3. The third-order valence-electron chi connectivity index (χ3n) is 6.49. The third-order valence-corrected chi connectivity index (χ3v) is 6.49. The van der Waals surface area contributed by atoms with Crippen molar-refractivity contribution in [2.45, 2.75) is 31.7 Å². The van der Waals surface area contributed by atoms with Gasteiger partial charge in [-0.05, 0) is 61.8 Å². The van der Waals surface area contributed by atoms with Crippen molar-refractivity contribution in [2.24, 2.45) is 17.6 Å². The maximum absolute atomic E-state index is 12.9. The Kier molecular flexibility index (Phi) is 6.76. The summed E-state index contributed by atoms with van der Waals surface area (Å²) < 4.78 is 5.80. The monoisotopic (exact) mass is 411 g/mol. The summed E-state index contributed by atoms with van der Waals surface area (Å²) in [6.07, 6.45) is 4.75. The molecule has 3 atom stereocenters. The molecule has 1 aromatic rings. The average Bonchev–Trinajstić information content (AvgIpc) is 2.77. The van der Waals surface area contributed by atoms with E-state index in [9.17, 15) is 4.79 Å². The number of benzene rings is 1. The highest BCUT2D eigenvalue weighted by Crippen LogP contribution is 2.29. The van der Waals surface area contributed by atoms with E-state index in [1.807, 2.05) is 12.1 Å². The Morgan fingerprint density at radius 2 is 1.73 bits per heavy atom. The van der Waals surface area contributed by atoms with Gasteiger partial charge in [-0.15, -0.1) is 0 Å². The summed E-state index contributed by atoms with van der Waals surface area (Å²) in [5, 5.41) is 8.87. The van der Waals surface area contributed by atoms with E-state index < -0.39 is 0 Å². The minimum atomic E-state index is -0.0643. The quantitative estimate of drug-likeness (QED) is 0.802. The van der Waals surface area contributed by atoms with Gasteiger partial charge in [0.2, 0.25) is 0 Å². The number of nitrogens with two attached hydrogens (primary N) is 1. The van der Waals surface area contributed by atoms with E-state index in [1.165, 1.54) is 12.8 Å². The molecule has 0 spiro atoms. The lowest BCUT2D eigenvalue weighted by Gasteiger charge is -2.47. The van der Waals surface area contributed by atoms with Crippen LogP contribution in [-0.4, -0.2) is 79.2 Å². The smallest absolute Gasteiger partial charge is 0.320 e. The van der Waals surface area contributed by atoms with Crippen LogP contribution in [-0.2, 0) is 0 Å². The maximum atomic E-state index is 12.9. The number of nitriles is 1. The molecule has 3 aliphatic rings. The largest absolute Gasteiger partial charge is 0.492 e. The van der Waals surface area contributed by atoms with Crippen LogP contribution in [0.2, 0.25) is 0 Å². The zero-order valence-corrected chi connectivity index (χ0v) is 17.7. The number of ether oxygens (including phenoxy) is 1. The number of carbonyl (C=O) groups is 1. The normalized spacial score (nSPS) is 25.5. The Hall–Kier alpha value is -2.30. The Morgan fingerprint density at radius 1 is 1.07 bits per heavy atom. The highest BCUT2D eigenvalue weighted by molar-refractivity contribution is 5.74. The number of likely N-dealkylation sites (tertiary alicyclic amines) is 3. The van der Waals surface area contributed by atoms with Crippen LogP contribution in [0, 0.1) is 23.2 Å². The molecule has 1 aromatic carbocycles. The summed E-state index contributed by atoms with van der Waals surface area (Å²) in [5.41, 5.74) is 6.97. The molecule has 3 unspecified atom stereocenters. The van der Waals surface area contributed by atoms with Gasteiger partial charge in [0, 0.05) is 45.8 Å². The molecule has 2 amide bonds. The Bertz CT molecular complexity index is 742. The van der Waals surface area contributed by atoms with Gasteiger partial charge in [0.15, 0.2) is 0 Å². The molecule has 0 aliphatic carbocycles. The van der Waals surface area contributed by atoms with Crippen LogP contribution in [0.5, 0.6) is 5.75 Å². The summed E-state index contributed by atoms with van der Waals surface area (Å²) in [6, 6.07) is 9.42. The van der Waals surface area contributed by atoms with E-state index in [1.54, 1.807) is 12.1 Å². The molecule has 2 bridgehead atoms. The number of rotatable bonds is 5. The molecular formula is C23H33N5O2. The average molecular weight is 412 g/mol. The van der Waals surface area contributed by atoms with Crippen molar-refractivity contribution in [3.63, 3.8) is 0 Å². The van der Waals surface area contributed by atoms with E-state index in [2.05, 4.69) is 20.8 Å². The van der Waals surface area contributed by atoms with Gasteiger partial charge in [0.05, 0.1) is 17.7 Å². The Morgan fingerprint density at radius 3 is 2.37 bits per heavy atom. The molecule has 162 valence electrons. The van der Waals surface area contributed by atoms with Gasteiger partial charge < -0.3 is 25.2 Å². The lowest BCUT2D eigenvalue weighted by Crippen LogP contribution is -2.58. The summed E-state index contributed by atoms with van der Waals surface area (Å²) >= 11 is 0. The third kappa shape index (κ3) is 5.24. The van der Waals surface area contributed by atoms with Crippen LogP contribution in [0.4, 0.5) is 4.79 Å². The van der Waals surface area contributed by atoms with Gasteiger partial charge >= 0.3 is 6.03 Å². The van der Waals surface area contributed by atoms with Crippen LogP contribution in [0.15, 0.2) is 24.3 Å². The fourth-order valence-corrected chi connectivity index (χ4v) is 5.19. The topological polar surface area (TPSA) is 85.8 Å². The van der Waals surface area contributed by atoms with Crippen molar-refractivity contribution < 1.29 is 9.53 Å². The van der Waals surface area contributed by atoms with E-state index in [0.29, 0.717) is 24.0 Å². The number of carbonyl (C=O) groups excluding carboxylic acids is 1. The van der Waals surface area contributed by atoms with Crippen molar-refractivity contribution in [3.05, 3.63) is 29.8 Å². The molecule has 0 radical (unpaired) electrons. The van der Waals surface area contributed by atoms with Crippen LogP contribution in [0.25, 0.3) is 0 Å². The molecule has 30 heavy (non-hydrogen) atoms. The number of hydrogen-bond donors (Lipinski definition) is 1. The summed E-state index contributed by atoms with van der Waals surface area (Å²) in [5.74, 6) is 1.82. The van der Waals surface area contributed by atoms with E-state index in [0.717, 1.165) is 64.4 Å². The standard InChI is InChI=1S/C23H33N5O2/c24-11-18-4-6-22(7-5-18)30-17-21(25)16-26-12-19-10-20(13-26)15-28(14-19)23(29)27-8-2-1-3-9-27/h4-7,19-21H,1-3,8-10,12-17,25H2. The second-order valence-corrected chi connectivity index (χ2v) is 9.13. The lowest BCUT2D eigenvalue weighted by atomic mass is 9.84. The van der Waals surface area contributed by atoms with Gasteiger partial charge in [0.1, 0.15) is 12.4 Å². The molecule has 0 saturated carbocycles. The highest BCUT2D eigenvalue weighted by Gasteiger charge is 2.37. The first-order valence-electron chi connectivity index (χ1n) is 11.3. The van der Waals surface area contributed by atoms with Crippen LogP contribution in [0.3, 0.4) is 0 Å². The fourth-order valence-electron chi connectivity index (χ4n) is 5.19. The molecule has 2 N–H and O–H groups in total. The minimum Gasteiger partial charge on any atom is -0.492 e. The van der Waals surface area contributed by atoms with Crippen molar-refractivity contribution >= 4 is 6.03 Å². The van der Waals surface area contributed by atoms with Crippen molar-refractivity contribution in [1.29, 1.82) is 5.26 Å². The number of urea groups is 1. The second kappa shape index (κ2) is 9.67. The molecule has 3 saturated heterocycles. The fraction of sp³-hybridized carbons (Fsp3) is 0.652. The van der Waals surface area contributed by atoms with E-state index in [-0.39, 0.29) is 12.1 Å². The number of fused-ring (bicyclic) bond motifs is 2. The van der Waals surface area contributed by atoms with Gasteiger partial charge in [-0.1, -0.05) is 0 Å². The molecule has 7 heteroatoms. The minimum absolute atomic E-state index is 0.0643. The highest BCUT2D eigenvalue weighted by atomic mass is 16.5. The molecule has 0 aromatic heterocycles. The SMILES string of the molecule is N#Cc1ccc(OCC(N)CN2CC3CC(C2)CN(C(=O)N2CCCCC2)C3)cc1. The number of nitrogens with zero attached hydrogens (tertiary/aromatic N) is 4. The van der Waals surface area contributed by atoms with Crippen LogP contribution < -0.4 is 10.5 Å². The summed E-state index contributed by atoms with van der Waals surface area (Å²) in [7, 11) is 0. The first kappa shape index (κ1) is 21.0. The number of amides is 2. The van der Waals surface area contributed by atoms with E-state index in [4.69, 9.17) is 15.7 Å². The second-order valence-electron chi connectivity index (χ2n) is 9.13. The van der Waals surface area contributed by atoms with Gasteiger partial charge in [0.25, 0.3) is 0 Å². The number of hydrogen-bond acceptors (Lipinski definition) is 5. The molecule has 3 fully saturated rings. The zero-order chi connectivity index (χ0) is 20.9. The maximum Gasteiger partial charge on any atom is 0.320 e. The summed E-state index contributed by atoms with van der Waals surface area (Å²) in [4.78, 5) is 19.5. The molecular weight excluding hydrogens is 378 g/mol. The molecule has 4 rings (SSSR count). The van der Waals surface area contributed by atoms with Crippen molar-refractivity contribution in [2.75, 3.05) is 52.4 Å². The predicted molar refractivity (Wildman–Crippen MR) is 115 cm³/mol. The van der Waals surface area contributed by atoms with Gasteiger partial charge in [-0.3, -0.25) is 0 Å². The van der Waals surface area contributed by atoms with Crippen molar-refractivity contribution in [1.82, 2.24) is 14.7 Å². The molecule has 7 nitrogen and oxygen atoms in total. The Balaban J connectivity index is 1.23. The molecule has 3 aliphatic heterocycles. The van der Waals surface area contributed by atoms with Gasteiger partial charge in [-0.2, -0.15) is 5.26 Å². The predicted octanol–water partition coefficient (Wildman–Crippen LogP) is 2.12. The van der Waals surface area contributed by atoms with Crippen molar-refractivity contribution in [3.8, 4) is 11.8 Å². The van der Waals surface area contributed by atoms with E-state index >= 15 is 0 Å². The van der Waals surface area contributed by atoms with Crippen LogP contribution in [0.1, 0.15) is 31.2 Å². The van der Waals surface area contributed by atoms with Crippen LogP contribution >= 0.6 is 0 Å². The number of piperidine rings is 3. The van der Waals surface area contributed by atoms with Gasteiger partial charge in [-0.25, -0.2) is 4.79 Å². The molecule has 3 heterocycles. The lowest BCUT2D eigenvalue weighted by molar-refractivity contribution is 0.0318. The summed E-state index contributed by atoms with van der Waals surface area (Å²) in [6.45, 7) is 6.87. The zero-order valence-electron chi connectivity index (χ0n) is 17.7.